The molecule has 1 aromatic carbocycles. The first-order chi connectivity index (χ1) is 8.48. The van der Waals surface area contributed by atoms with E-state index in [1.807, 2.05) is 35.7 Å². The summed E-state index contributed by atoms with van der Waals surface area (Å²) >= 11 is 1.64. The molecule has 2 heteroatoms. The number of ketones is 1. The maximum Gasteiger partial charge on any atom is 0.168 e. The molecule has 0 aliphatic carbocycles. The summed E-state index contributed by atoms with van der Waals surface area (Å²) < 4.78 is 0. The minimum Gasteiger partial charge on any atom is -0.294 e. The molecule has 0 bridgehead atoms. The number of benzene rings is 1. The fraction of sp³-hybridized carbons (Fsp3) is 0.312. The van der Waals surface area contributed by atoms with Gasteiger partial charge in [-0.3, -0.25) is 4.79 Å². The van der Waals surface area contributed by atoms with Crippen LogP contribution in [0.2, 0.25) is 0 Å². The molecule has 0 amide bonds. The summed E-state index contributed by atoms with van der Waals surface area (Å²) in [7, 11) is 0. The molecule has 0 radical (unpaired) electrons. The van der Waals surface area contributed by atoms with Gasteiger partial charge in [-0.15, -0.1) is 11.3 Å². The van der Waals surface area contributed by atoms with Crippen molar-refractivity contribution in [2.45, 2.75) is 32.6 Å². The minimum absolute atomic E-state index is 0.00169. The summed E-state index contributed by atoms with van der Waals surface area (Å²) in [6.45, 7) is 6.43. The fourth-order valence-electron chi connectivity index (χ4n) is 2.05. The lowest BCUT2D eigenvalue weighted by Gasteiger charge is -2.22. The lowest BCUT2D eigenvalue weighted by Crippen LogP contribution is -2.17. The van der Waals surface area contributed by atoms with Crippen molar-refractivity contribution < 1.29 is 4.79 Å². The zero-order valence-corrected chi connectivity index (χ0v) is 11.9. The van der Waals surface area contributed by atoms with Crippen molar-refractivity contribution in [1.82, 2.24) is 0 Å². The van der Waals surface area contributed by atoms with Crippen LogP contribution in [0.25, 0.3) is 0 Å². The maximum atomic E-state index is 12.4. The molecule has 1 aromatic heterocycles. The molecule has 0 spiro atoms. The van der Waals surface area contributed by atoms with Crippen LogP contribution in [-0.2, 0) is 11.8 Å². The normalized spacial score (nSPS) is 11.5. The molecule has 1 heterocycles. The van der Waals surface area contributed by atoms with E-state index in [-0.39, 0.29) is 11.2 Å². The first-order valence-corrected chi connectivity index (χ1v) is 7.01. The molecule has 0 aliphatic heterocycles. The quantitative estimate of drug-likeness (QED) is 0.742. The lowest BCUT2D eigenvalue weighted by atomic mass is 9.82. The summed E-state index contributed by atoms with van der Waals surface area (Å²) in [5, 5.41) is 2.01. The summed E-state index contributed by atoms with van der Waals surface area (Å²) in [6.07, 6.45) is 0.505. The molecule has 94 valence electrons. The SMILES string of the molecule is CC(C)(C)c1ccccc1C(=O)Cc1cccs1. The summed E-state index contributed by atoms with van der Waals surface area (Å²) in [6, 6.07) is 11.9. The van der Waals surface area contributed by atoms with Crippen molar-refractivity contribution >= 4 is 17.1 Å². The van der Waals surface area contributed by atoms with Crippen LogP contribution in [0.1, 0.15) is 41.6 Å². The van der Waals surface area contributed by atoms with Crippen LogP contribution in [0.15, 0.2) is 41.8 Å². The second-order valence-corrected chi connectivity index (χ2v) is 6.51. The molecule has 0 aliphatic rings. The molecule has 0 N–H and O–H groups in total. The Labute approximate surface area is 112 Å². The van der Waals surface area contributed by atoms with Gasteiger partial charge < -0.3 is 0 Å². The van der Waals surface area contributed by atoms with Crippen LogP contribution in [0.4, 0.5) is 0 Å². The van der Waals surface area contributed by atoms with E-state index in [4.69, 9.17) is 0 Å². The Morgan fingerprint density at radius 3 is 2.44 bits per heavy atom. The van der Waals surface area contributed by atoms with Crippen LogP contribution in [-0.4, -0.2) is 5.78 Å². The fourth-order valence-corrected chi connectivity index (χ4v) is 2.75. The minimum atomic E-state index is 0.00169. The number of hydrogen-bond donors (Lipinski definition) is 0. The molecule has 0 fully saturated rings. The van der Waals surface area contributed by atoms with Crippen LogP contribution >= 0.6 is 11.3 Å². The largest absolute Gasteiger partial charge is 0.294 e. The molecule has 1 nitrogen and oxygen atoms in total. The van der Waals surface area contributed by atoms with E-state index in [1.165, 1.54) is 0 Å². The molecule has 18 heavy (non-hydrogen) atoms. The van der Waals surface area contributed by atoms with Gasteiger partial charge in [-0.1, -0.05) is 51.1 Å². The van der Waals surface area contributed by atoms with Gasteiger partial charge in [0.2, 0.25) is 0 Å². The Balaban J connectivity index is 2.31. The average molecular weight is 258 g/mol. The van der Waals surface area contributed by atoms with E-state index in [0.717, 1.165) is 16.0 Å². The molecular weight excluding hydrogens is 240 g/mol. The predicted molar refractivity (Wildman–Crippen MR) is 77.5 cm³/mol. The zero-order valence-electron chi connectivity index (χ0n) is 11.1. The standard InChI is InChI=1S/C16H18OS/c1-16(2,3)14-9-5-4-8-13(14)15(17)11-12-7-6-10-18-12/h4-10H,11H2,1-3H3. The predicted octanol–water partition coefficient (Wildman–Crippen LogP) is 4.47. The van der Waals surface area contributed by atoms with E-state index < -0.39 is 0 Å². The first-order valence-electron chi connectivity index (χ1n) is 6.13. The van der Waals surface area contributed by atoms with Gasteiger partial charge in [0.15, 0.2) is 5.78 Å². The number of carbonyl (C=O) groups is 1. The number of thiophene rings is 1. The van der Waals surface area contributed by atoms with Crippen molar-refractivity contribution in [3.63, 3.8) is 0 Å². The van der Waals surface area contributed by atoms with Gasteiger partial charge in [0.25, 0.3) is 0 Å². The Morgan fingerprint density at radius 1 is 1.11 bits per heavy atom. The highest BCUT2D eigenvalue weighted by Gasteiger charge is 2.21. The van der Waals surface area contributed by atoms with Crippen molar-refractivity contribution in [1.29, 1.82) is 0 Å². The van der Waals surface area contributed by atoms with Gasteiger partial charge in [-0.25, -0.2) is 0 Å². The van der Waals surface area contributed by atoms with Gasteiger partial charge >= 0.3 is 0 Å². The van der Waals surface area contributed by atoms with Crippen LogP contribution in [0.5, 0.6) is 0 Å². The Kier molecular flexibility index (Phi) is 3.67. The molecule has 0 unspecified atom stereocenters. The number of carbonyl (C=O) groups excluding carboxylic acids is 1. The maximum absolute atomic E-state index is 12.4. The highest BCUT2D eigenvalue weighted by Crippen LogP contribution is 2.27. The molecule has 2 rings (SSSR count). The Bertz CT molecular complexity index is 532. The second kappa shape index (κ2) is 5.07. The third kappa shape index (κ3) is 2.88. The smallest absolute Gasteiger partial charge is 0.168 e. The number of hydrogen-bond acceptors (Lipinski definition) is 2. The molecule has 0 atom stereocenters. The monoisotopic (exact) mass is 258 g/mol. The van der Waals surface area contributed by atoms with Crippen molar-refractivity contribution in [3.05, 3.63) is 57.8 Å². The second-order valence-electron chi connectivity index (χ2n) is 5.47. The van der Waals surface area contributed by atoms with Gasteiger partial charge in [-0.2, -0.15) is 0 Å². The van der Waals surface area contributed by atoms with E-state index >= 15 is 0 Å². The van der Waals surface area contributed by atoms with E-state index in [9.17, 15) is 4.79 Å². The third-order valence-corrected chi connectivity index (χ3v) is 3.83. The van der Waals surface area contributed by atoms with Gasteiger partial charge in [0, 0.05) is 16.9 Å². The van der Waals surface area contributed by atoms with E-state index in [2.05, 4.69) is 26.8 Å². The van der Waals surface area contributed by atoms with Crippen LogP contribution in [0, 0.1) is 0 Å². The third-order valence-electron chi connectivity index (χ3n) is 2.95. The van der Waals surface area contributed by atoms with Gasteiger partial charge in [0.05, 0.1) is 0 Å². The first kappa shape index (κ1) is 13.0. The summed E-state index contributed by atoms with van der Waals surface area (Å²) in [5.74, 6) is 0.211. The van der Waals surface area contributed by atoms with Crippen LogP contribution < -0.4 is 0 Å². The Hall–Kier alpha value is -1.41. The van der Waals surface area contributed by atoms with Crippen molar-refractivity contribution in [2.24, 2.45) is 0 Å². The average Bonchev–Trinajstić information content (AvgIpc) is 2.80. The van der Waals surface area contributed by atoms with Crippen molar-refractivity contribution in [2.75, 3.05) is 0 Å². The number of Topliss-reactive ketones (excluding diaryl/α,β-unsaturated/α-hetero) is 1. The number of rotatable bonds is 3. The van der Waals surface area contributed by atoms with E-state index in [1.54, 1.807) is 11.3 Å². The van der Waals surface area contributed by atoms with E-state index in [0.29, 0.717) is 6.42 Å². The summed E-state index contributed by atoms with van der Waals surface area (Å²) in [4.78, 5) is 13.5. The molecule has 2 aromatic rings. The summed E-state index contributed by atoms with van der Waals surface area (Å²) in [5.41, 5.74) is 1.99. The molecule has 0 saturated carbocycles. The highest BCUT2D eigenvalue weighted by atomic mass is 32.1. The zero-order chi connectivity index (χ0) is 13.2. The lowest BCUT2D eigenvalue weighted by molar-refractivity contribution is 0.0991. The highest BCUT2D eigenvalue weighted by molar-refractivity contribution is 7.10. The Morgan fingerprint density at radius 2 is 1.83 bits per heavy atom. The molecular formula is C16H18OS. The van der Waals surface area contributed by atoms with Crippen molar-refractivity contribution in [3.8, 4) is 0 Å². The van der Waals surface area contributed by atoms with Gasteiger partial charge in [0.1, 0.15) is 0 Å². The topological polar surface area (TPSA) is 17.1 Å². The van der Waals surface area contributed by atoms with Gasteiger partial charge in [-0.05, 0) is 22.4 Å². The van der Waals surface area contributed by atoms with Crippen LogP contribution in [0.3, 0.4) is 0 Å². The molecule has 0 saturated heterocycles.